The highest BCUT2D eigenvalue weighted by molar-refractivity contribution is 5.78. The number of carbonyl (C=O) groups excluding carboxylic acids is 1. The van der Waals surface area contributed by atoms with Crippen LogP contribution in [0.1, 0.15) is 5.56 Å². The van der Waals surface area contributed by atoms with Crippen LogP contribution in [0, 0.1) is 0 Å². The summed E-state index contributed by atoms with van der Waals surface area (Å²) in [5.41, 5.74) is 0.607. The van der Waals surface area contributed by atoms with Gasteiger partial charge in [-0.1, -0.05) is 6.07 Å². The van der Waals surface area contributed by atoms with E-state index in [2.05, 4.69) is 4.98 Å². The third kappa shape index (κ3) is 4.33. The standard InChI is InChI=1S/C11H13F3N2O2/c1-16(7-9(17)11(12,13)14)10(18)5-8-3-2-4-15-6-8/h2-4,6,9,17H,5,7H2,1H3/t9-/m0/s1. The van der Waals surface area contributed by atoms with Gasteiger partial charge in [-0.2, -0.15) is 13.2 Å². The first-order valence-electron chi connectivity index (χ1n) is 5.18. The number of aromatic nitrogens is 1. The molecule has 0 unspecified atom stereocenters. The minimum absolute atomic E-state index is 0.0467. The Bertz CT molecular complexity index is 395. The average Bonchev–Trinajstić information content (AvgIpc) is 2.28. The van der Waals surface area contributed by atoms with Gasteiger partial charge in [0.25, 0.3) is 0 Å². The summed E-state index contributed by atoms with van der Waals surface area (Å²) in [6.45, 7) is -0.775. The van der Waals surface area contributed by atoms with Crippen LogP contribution in [0.25, 0.3) is 0 Å². The molecule has 0 aliphatic carbocycles. The van der Waals surface area contributed by atoms with E-state index in [0.29, 0.717) is 5.56 Å². The molecule has 4 nitrogen and oxygen atoms in total. The van der Waals surface area contributed by atoms with Crippen molar-refractivity contribution in [3.63, 3.8) is 0 Å². The van der Waals surface area contributed by atoms with Crippen LogP contribution in [-0.2, 0) is 11.2 Å². The van der Waals surface area contributed by atoms with Gasteiger partial charge in [0.15, 0.2) is 6.10 Å². The lowest BCUT2D eigenvalue weighted by Crippen LogP contribution is -2.42. The van der Waals surface area contributed by atoms with E-state index in [4.69, 9.17) is 5.11 Å². The quantitative estimate of drug-likeness (QED) is 0.881. The van der Waals surface area contributed by atoms with Crippen LogP contribution in [0.5, 0.6) is 0 Å². The largest absolute Gasteiger partial charge is 0.416 e. The van der Waals surface area contributed by atoms with Gasteiger partial charge in [0.1, 0.15) is 0 Å². The maximum atomic E-state index is 12.1. The van der Waals surface area contributed by atoms with Crippen molar-refractivity contribution < 1.29 is 23.1 Å². The number of halogens is 3. The third-order valence-electron chi connectivity index (χ3n) is 2.33. The lowest BCUT2D eigenvalue weighted by atomic mass is 10.2. The van der Waals surface area contributed by atoms with Crippen molar-refractivity contribution >= 4 is 5.91 Å². The molecule has 0 radical (unpaired) electrons. The summed E-state index contributed by atoms with van der Waals surface area (Å²) in [5, 5.41) is 8.84. The highest BCUT2D eigenvalue weighted by Gasteiger charge is 2.39. The number of carbonyl (C=O) groups is 1. The van der Waals surface area contributed by atoms with Crippen molar-refractivity contribution in [2.75, 3.05) is 13.6 Å². The predicted octanol–water partition coefficient (Wildman–Crippen LogP) is 1.01. The smallest absolute Gasteiger partial charge is 0.382 e. The fourth-order valence-corrected chi connectivity index (χ4v) is 1.28. The van der Waals surface area contributed by atoms with Gasteiger partial charge in [-0.05, 0) is 11.6 Å². The Morgan fingerprint density at radius 1 is 1.56 bits per heavy atom. The summed E-state index contributed by atoms with van der Waals surface area (Å²) in [7, 11) is 1.22. The Labute approximate surface area is 102 Å². The summed E-state index contributed by atoms with van der Waals surface area (Å²) in [6, 6.07) is 3.28. The van der Waals surface area contributed by atoms with Crippen LogP contribution < -0.4 is 0 Å². The molecule has 1 rings (SSSR count). The molecule has 1 amide bonds. The molecule has 0 aliphatic rings. The molecule has 0 fully saturated rings. The van der Waals surface area contributed by atoms with Crippen LogP contribution >= 0.6 is 0 Å². The Balaban J connectivity index is 2.52. The minimum atomic E-state index is -4.72. The lowest BCUT2D eigenvalue weighted by Gasteiger charge is -2.22. The number of hydrogen-bond donors (Lipinski definition) is 1. The lowest BCUT2D eigenvalue weighted by molar-refractivity contribution is -0.207. The molecule has 0 saturated heterocycles. The van der Waals surface area contributed by atoms with Gasteiger partial charge in [0, 0.05) is 19.4 Å². The number of aliphatic hydroxyl groups excluding tert-OH is 1. The maximum Gasteiger partial charge on any atom is 0.416 e. The molecule has 0 spiro atoms. The minimum Gasteiger partial charge on any atom is -0.382 e. The Morgan fingerprint density at radius 3 is 2.72 bits per heavy atom. The summed E-state index contributed by atoms with van der Waals surface area (Å²) < 4.78 is 36.3. The molecule has 0 aliphatic heterocycles. The Morgan fingerprint density at radius 2 is 2.22 bits per heavy atom. The number of amides is 1. The first-order chi connectivity index (χ1) is 8.30. The topological polar surface area (TPSA) is 53.4 Å². The molecule has 1 aromatic rings. The molecular weight excluding hydrogens is 249 g/mol. The van der Waals surface area contributed by atoms with E-state index in [1.165, 1.54) is 19.4 Å². The fraction of sp³-hybridized carbons (Fsp3) is 0.455. The van der Waals surface area contributed by atoms with Crippen molar-refractivity contribution in [2.24, 2.45) is 0 Å². The number of likely N-dealkylation sites (N-methyl/N-ethyl adjacent to an activating group) is 1. The van der Waals surface area contributed by atoms with Crippen molar-refractivity contribution in [1.29, 1.82) is 0 Å². The summed E-state index contributed by atoms with van der Waals surface area (Å²) >= 11 is 0. The van der Waals surface area contributed by atoms with E-state index in [1.54, 1.807) is 12.1 Å². The molecule has 0 bridgehead atoms. The number of hydrogen-bond acceptors (Lipinski definition) is 3. The van der Waals surface area contributed by atoms with E-state index in [-0.39, 0.29) is 6.42 Å². The van der Waals surface area contributed by atoms with Crippen LogP contribution in [0.4, 0.5) is 13.2 Å². The highest BCUT2D eigenvalue weighted by Crippen LogP contribution is 2.20. The van der Waals surface area contributed by atoms with Crippen LogP contribution in [0.15, 0.2) is 24.5 Å². The predicted molar refractivity (Wildman–Crippen MR) is 57.6 cm³/mol. The number of nitrogens with zero attached hydrogens (tertiary/aromatic N) is 2. The van der Waals surface area contributed by atoms with Crippen LogP contribution in [-0.4, -0.2) is 46.8 Å². The van der Waals surface area contributed by atoms with E-state index >= 15 is 0 Å². The normalized spacial score (nSPS) is 13.2. The van der Waals surface area contributed by atoms with Gasteiger partial charge in [-0.25, -0.2) is 0 Å². The first kappa shape index (κ1) is 14.4. The molecule has 0 aromatic carbocycles. The molecule has 7 heteroatoms. The highest BCUT2D eigenvalue weighted by atomic mass is 19.4. The van der Waals surface area contributed by atoms with E-state index in [9.17, 15) is 18.0 Å². The van der Waals surface area contributed by atoms with Gasteiger partial charge < -0.3 is 10.0 Å². The molecule has 100 valence electrons. The van der Waals surface area contributed by atoms with E-state index < -0.39 is 24.7 Å². The third-order valence-corrected chi connectivity index (χ3v) is 2.33. The molecule has 18 heavy (non-hydrogen) atoms. The first-order valence-corrected chi connectivity index (χ1v) is 5.18. The monoisotopic (exact) mass is 262 g/mol. The molecular formula is C11H13F3N2O2. The second-order valence-corrected chi connectivity index (χ2v) is 3.87. The van der Waals surface area contributed by atoms with Gasteiger partial charge in [-0.15, -0.1) is 0 Å². The summed E-state index contributed by atoms with van der Waals surface area (Å²) in [6.07, 6.45) is -4.30. The van der Waals surface area contributed by atoms with Gasteiger partial charge in [0.2, 0.25) is 5.91 Å². The Kier molecular flexibility index (Phi) is 4.66. The Hall–Kier alpha value is -1.63. The van der Waals surface area contributed by atoms with Crippen molar-refractivity contribution in [1.82, 2.24) is 9.88 Å². The molecule has 1 N–H and O–H groups in total. The van der Waals surface area contributed by atoms with E-state index in [1.807, 2.05) is 0 Å². The molecule has 1 heterocycles. The maximum absolute atomic E-state index is 12.1. The zero-order chi connectivity index (χ0) is 13.8. The van der Waals surface area contributed by atoms with Crippen LogP contribution in [0.2, 0.25) is 0 Å². The number of aliphatic hydroxyl groups is 1. The zero-order valence-electron chi connectivity index (χ0n) is 9.68. The van der Waals surface area contributed by atoms with Gasteiger partial charge >= 0.3 is 6.18 Å². The summed E-state index contributed by atoms with van der Waals surface area (Å²) in [4.78, 5) is 16.2. The second kappa shape index (κ2) is 5.81. The fourth-order valence-electron chi connectivity index (χ4n) is 1.28. The van der Waals surface area contributed by atoms with Gasteiger partial charge in [0.05, 0.1) is 13.0 Å². The van der Waals surface area contributed by atoms with Crippen molar-refractivity contribution in [3.8, 4) is 0 Å². The van der Waals surface area contributed by atoms with Crippen molar-refractivity contribution in [2.45, 2.75) is 18.7 Å². The summed E-state index contributed by atoms with van der Waals surface area (Å²) in [5.74, 6) is -0.508. The molecule has 1 atom stereocenters. The number of pyridine rings is 1. The SMILES string of the molecule is CN(C[C@H](O)C(F)(F)F)C(=O)Cc1cccnc1. The number of alkyl halides is 3. The molecule has 1 aromatic heterocycles. The average molecular weight is 262 g/mol. The van der Waals surface area contributed by atoms with E-state index in [0.717, 1.165) is 4.90 Å². The number of rotatable bonds is 4. The second-order valence-electron chi connectivity index (χ2n) is 3.87. The van der Waals surface area contributed by atoms with Gasteiger partial charge in [-0.3, -0.25) is 9.78 Å². The zero-order valence-corrected chi connectivity index (χ0v) is 9.68. The van der Waals surface area contributed by atoms with Crippen LogP contribution in [0.3, 0.4) is 0 Å². The molecule has 0 saturated carbocycles. The van der Waals surface area contributed by atoms with Crippen molar-refractivity contribution in [3.05, 3.63) is 30.1 Å².